The van der Waals surface area contributed by atoms with Crippen molar-refractivity contribution in [2.45, 2.75) is 44.0 Å². The first-order valence-electron chi connectivity index (χ1n) is 9.71. The highest BCUT2D eigenvalue weighted by Crippen LogP contribution is 2.26. The number of hydrogen-bond acceptors (Lipinski definition) is 6. The Hall–Kier alpha value is -2.64. The standard InChI is InChI=1S/C22H21ClN4O2S/c1-4-13(2)15-5-8-17(9-6-15)27-21(28)18-10-7-16(23)11-19(18)25-22(27)30-12-20-24-14(3)29-26-20/h5-11,13H,4,12H2,1-3H3/t13-/m0/s1. The summed E-state index contributed by atoms with van der Waals surface area (Å²) in [6.45, 7) is 6.10. The molecule has 2 aromatic carbocycles. The van der Waals surface area contributed by atoms with Crippen LogP contribution in [-0.2, 0) is 5.75 Å². The third-order valence-corrected chi connectivity index (χ3v) is 6.20. The summed E-state index contributed by atoms with van der Waals surface area (Å²) in [4.78, 5) is 22.3. The van der Waals surface area contributed by atoms with Crippen LogP contribution in [0, 0.1) is 6.92 Å². The van der Waals surface area contributed by atoms with Crippen LogP contribution in [0.2, 0.25) is 5.02 Å². The van der Waals surface area contributed by atoms with Crippen molar-refractivity contribution in [1.82, 2.24) is 19.7 Å². The average Bonchev–Trinajstić information content (AvgIpc) is 3.17. The number of rotatable bonds is 6. The van der Waals surface area contributed by atoms with Gasteiger partial charge in [0.2, 0.25) is 5.89 Å². The predicted octanol–water partition coefficient (Wildman–Crippen LogP) is 5.54. The van der Waals surface area contributed by atoms with Crippen LogP contribution in [0.15, 0.2) is 56.9 Å². The van der Waals surface area contributed by atoms with Gasteiger partial charge >= 0.3 is 0 Å². The van der Waals surface area contributed by atoms with Gasteiger partial charge in [-0.05, 0) is 48.2 Å². The molecule has 0 saturated heterocycles. The van der Waals surface area contributed by atoms with Gasteiger partial charge < -0.3 is 4.52 Å². The van der Waals surface area contributed by atoms with Gasteiger partial charge in [-0.1, -0.05) is 54.5 Å². The van der Waals surface area contributed by atoms with Crippen LogP contribution in [0.4, 0.5) is 0 Å². The number of nitrogens with zero attached hydrogens (tertiary/aromatic N) is 4. The van der Waals surface area contributed by atoms with Crippen LogP contribution in [0.25, 0.3) is 16.6 Å². The maximum Gasteiger partial charge on any atom is 0.266 e. The summed E-state index contributed by atoms with van der Waals surface area (Å²) >= 11 is 7.51. The van der Waals surface area contributed by atoms with E-state index in [9.17, 15) is 4.79 Å². The Balaban J connectivity index is 1.82. The highest BCUT2D eigenvalue weighted by Gasteiger charge is 2.15. The second-order valence-electron chi connectivity index (χ2n) is 7.12. The van der Waals surface area contributed by atoms with Gasteiger partial charge in [-0.25, -0.2) is 4.98 Å². The number of aromatic nitrogens is 4. The van der Waals surface area contributed by atoms with Gasteiger partial charge in [-0.3, -0.25) is 9.36 Å². The number of thioether (sulfide) groups is 1. The van der Waals surface area contributed by atoms with E-state index in [4.69, 9.17) is 21.1 Å². The van der Waals surface area contributed by atoms with Crippen molar-refractivity contribution in [3.63, 3.8) is 0 Å². The van der Waals surface area contributed by atoms with Crippen molar-refractivity contribution in [3.05, 3.63) is 75.1 Å². The van der Waals surface area contributed by atoms with Gasteiger partial charge in [0, 0.05) is 11.9 Å². The van der Waals surface area contributed by atoms with E-state index in [2.05, 4.69) is 36.1 Å². The van der Waals surface area contributed by atoms with E-state index in [-0.39, 0.29) is 5.56 Å². The van der Waals surface area contributed by atoms with Crippen LogP contribution in [0.3, 0.4) is 0 Å². The van der Waals surface area contributed by atoms with Gasteiger partial charge in [0.25, 0.3) is 5.56 Å². The molecule has 0 bridgehead atoms. The Morgan fingerprint density at radius 2 is 1.93 bits per heavy atom. The minimum absolute atomic E-state index is 0.139. The summed E-state index contributed by atoms with van der Waals surface area (Å²) in [5.41, 5.74) is 2.43. The first-order chi connectivity index (χ1) is 14.5. The predicted molar refractivity (Wildman–Crippen MR) is 120 cm³/mol. The third kappa shape index (κ3) is 4.13. The molecule has 154 valence electrons. The summed E-state index contributed by atoms with van der Waals surface area (Å²) in [5, 5.41) is 5.53. The fourth-order valence-electron chi connectivity index (χ4n) is 3.18. The quantitative estimate of drug-likeness (QED) is 0.289. The smallest absolute Gasteiger partial charge is 0.266 e. The summed E-state index contributed by atoms with van der Waals surface area (Å²) in [6.07, 6.45) is 1.06. The molecule has 0 aliphatic heterocycles. The van der Waals surface area contributed by atoms with E-state index in [1.807, 2.05) is 12.1 Å². The lowest BCUT2D eigenvalue weighted by Gasteiger charge is -2.14. The Labute approximate surface area is 183 Å². The Bertz CT molecular complexity index is 1250. The van der Waals surface area contributed by atoms with Crippen molar-refractivity contribution in [3.8, 4) is 5.69 Å². The molecule has 0 N–H and O–H groups in total. The minimum atomic E-state index is -0.139. The molecule has 0 spiro atoms. The van der Waals surface area contributed by atoms with E-state index in [1.165, 1.54) is 17.3 Å². The second-order valence-corrected chi connectivity index (χ2v) is 8.49. The van der Waals surface area contributed by atoms with E-state index >= 15 is 0 Å². The number of aryl methyl sites for hydroxylation is 1. The minimum Gasteiger partial charge on any atom is -0.340 e. The molecule has 8 heteroatoms. The Kier molecular flexibility index (Phi) is 5.92. The van der Waals surface area contributed by atoms with Crippen molar-refractivity contribution in [2.24, 2.45) is 0 Å². The Morgan fingerprint density at radius 3 is 2.60 bits per heavy atom. The zero-order valence-corrected chi connectivity index (χ0v) is 18.5. The zero-order chi connectivity index (χ0) is 21.3. The number of benzene rings is 2. The van der Waals surface area contributed by atoms with E-state index in [0.29, 0.717) is 44.5 Å². The van der Waals surface area contributed by atoms with Crippen molar-refractivity contribution in [2.75, 3.05) is 0 Å². The molecule has 0 unspecified atom stereocenters. The van der Waals surface area contributed by atoms with Crippen molar-refractivity contribution < 1.29 is 4.52 Å². The fourth-order valence-corrected chi connectivity index (χ4v) is 4.20. The van der Waals surface area contributed by atoms with Gasteiger partial charge in [-0.15, -0.1) is 0 Å². The molecule has 4 rings (SSSR count). The van der Waals surface area contributed by atoms with Crippen LogP contribution >= 0.6 is 23.4 Å². The largest absolute Gasteiger partial charge is 0.340 e. The molecular weight excluding hydrogens is 420 g/mol. The lowest BCUT2D eigenvalue weighted by Crippen LogP contribution is -2.21. The number of halogens is 1. The van der Waals surface area contributed by atoms with Gasteiger partial charge in [0.15, 0.2) is 11.0 Å². The van der Waals surface area contributed by atoms with E-state index < -0.39 is 0 Å². The average molecular weight is 441 g/mol. The molecule has 0 aliphatic rings. The second kappa shape index (κ2) is 8.62. The monoisotopic (exact) mass is 440 g/mol. The molecule has 0 fully saturated rings. The van der Waals surface area contributed by atoms with Crippen LogP contribution in [0.1, 0.15) is 43.5 Å². The highest BCUT2D eigenvalue weighted by molar-refractivity contribution is 7.98. The highest BCUT2D eigenvalue weighted by atomic mass is 35.5. The van der Waals surface area contributed by atoms with Gasteiger partial charge in [-0.2, -0.15) is 4.98 Å². The normalized spacial score (nSPS) is 12.4. The summed E-state index contributed by atoms with van der Waals surface area (Å²) in [5.74, 6) is 1.95. The van der Waals surface area contributed by atoms with Crippen molar-refractivity contribution in [1.29, 1.82) is 0 Å². The molecule has 1 atom stereocenters. The lowest BCUT2D eigenvalue weighted by atomic mass is 9.98. The van der Waals surface area contributed by atoms with Crippen LogP contribution in [0.5, 0.6) is 0 Å². The number of fused-ring (bicyclic) bond motifs is 1. The maximum atomic E-state index is 13.4. The molecule has 2 aromatic heterocycles. The zero-order valence-electron chi connectivity index (χ0n) is 16.9. The third-order valence-electron chi connectivity index (χ3n) is 5.03. The molecular formula is C22H21ClN4O2S. The first-order valence-corrected chi connectivity index (χ1v) is 11.1. The molecule has 2 heterocycles. The topological polar surface area (TPSA) is 73.8 Å². The van der Waals surface area contributed by atoms with E-state index in [0.717, 1.165) is 12.1 Å². The first kappa shape index (κ1) is 20.6. The van der Waals surface area contributed by atoms with Crippen LogP contribution < -0.4 is 5.56 Å². The van der Waals surface area contributed by atoms with Crippen molar-refractivity contribution >= 4 is 34.3 Å². The van der Waals surface area contributed by atoms with E-state index in [1.54, 1.807) is 29.7 Å². The fraction of sp³-hybridized carbons (Fsp3) is 0.273. The molecule has 0 aliphatic carbocycles. The SMILES string of the molecule is CC[C@H](C)c1ccc(-n2c(SCc3noc(C)n3)nc3cc(Cl)ccc3c2=O)cc1. The molecule has 0 amide bonds. The molecule has 0 saturated carbocycles. The lowest BCUT2D eigenvalue weighted by molar-refractivity contribution is 0.389. The number of hydrogen-bond donors (Lipinski definition) is 0. The molecule has 6 nitrogen and oxygen atoms in total. The Morgan fingerprint density at radius 1 is 1.17 bits per heavy atom. The van der Waals surface area contributed by atoms with Gasteiger partial charge in [0.05, 0.1) is 22.3 Å². The molecule has 4 aromatic rings. The molecule has 0 radical (unpaired) electrons. The molecule has 30 heavy (non-hydrogen) atoms. The summed E-state index contributed by atoms with van der Waals surface area (Å²) in [7, 11) is 0. The van der Waals surface area contributed by atoms with Gasteiger partial charge in [0.1, 0.15) is 0 Å². The summed E-state index contributed by atoms with van der Waals surface area (Å²) < 4.78 is 6.68. The van der Waals surface area contributed by atoms with Crippen LogP contribution in [-0.4, -0.2) is 19.7 Å². The maximum absolute atomic E-state index is 13.4. The summed E-state index contributed by atoms with van der Waals surface area (Å²) in [6, 6.07) is 13.2.